The average molecular weight is 615 g/mol. The molecule has 14 nitrogen and oxygen atoms in total. The van der Waals surface area contributed by atoms with E-state index in [9.17, 15) is 34.6 Å². The van der Waals surface area contributed by atoms with Gasteiger partial charge in [0.2, 0.25) is 0 Å². The molecule has 1 unspecified atom stereocenters. The van der Waals surface area contributed by atoms with Crippen molar-refractivity contribution in [1.82, 2.24) is 5.32 Å². The van der Waals surface area contributed by atoms with Gasteiger partial charge < -0.3 is 40.0 Å². The number of amides is 3. The number of benzene rings is 1. The number of aryl methyl sites for hydroxylation is 2. The number of phosphoric ester groups is 1. The van der Waals surface area contributed by atoms with Gasteiger partial charge in [-0.25, -0.2) is 9.36 Å². The van der Waals surface area contributed by atoms with Crippen molar-refractivity contribution < 1.29 is 48.9 Å². The fourth-order valence-electron chi connectivity index (χ4n) is 5.18. The Kier molecular flexibility index (Phi) is 11.7. The quantitative estimate of drug-likeness (QED) is 0.105. The number of urea groups is 1. The minimum atomic E-state index is -4.95. The number of fused-ring (bicyclic) bond motifs is 2. The minimum absolute atomic E-state index is 0.263. The number of nitrogens with zero attached hydrogens (tertiary/aromatic N) is 3. The third kappa shape index (κ3) is 7.94. The first-order valence-electron chi connectivity index (χ1n) is 14.3. The molecule has 42 heavy (non-hydrogen) atoms. The lowest BCUT2D eigenvalue weighted by molar-refractivity contribution is -0.133. The fraction of sp³-hybridized carbons (Fsp3) is 0.667. The normalized spacial score (nSPS) is 20.9. The number of anilines is 2. The third-order valence-corrected chi connectivity index (χ3v) is 8.17. The highest BCUT2D eigenvalue weighted by molar-refractivity contribution is 7.46. The molecule has 0 saturated heterocycles. The summed E-state index contributed by atoms with van der Waals surface area (Å²) in [6.45, 7) is 4.61. The van der Waals surface area contributed by atoms with Gasteiger partial charge in [0, 0.05) is 6.54 Å². The molecule has 1 aromatic carbocycles. The summed E-state index contributed by atoms with van der Waals surface area (Å²) in [6, 6.07) is 2.51. The first kappa shape index (κ1) is 34.1. The number of imide groups is 1. The van der Waals surface area contributed by atoms with Crippen molar-refractivity contribution in [2.75, 3.05) is 29.5 Å². The molecule has 0 radical (unpaired) electrons. The predicted molar refractivity (Wildman–Crippen MR) is 155 cm³/mol. The number of phosphoric acid groups is 1. The van der Waals surface area contributed by atoms with Crippen LogP contribution in [0.15, 0.2) is 17.1 Å². The Morgan fingerprint density at radius 3 is 2.12 bits per heavy atom. The number of aliphatic hydroxyl groups excluding tert-OH is 3. The summed E-state index contributed by atoms with van der Waals surface area (Å²) in [7, 11) is -4.95. The molecule has 2 aliphatic rings. The van der Waals surface area contributed by atoms with E-state index in [0.717, 1.165) is 36.8 Å². The van der Waals surface area contributed by atoms with Crippen molar-refractivity contribution in [1.29, 1.82) is 0 Å². The highest BCUT2D eigenvalue weighted by Gasteiger charge is 2.57. The molecule has 1 aromatic rings. The number of unbranched alkanes of at least 4 members (excludes halogenated alkanes) is 7. The van der Waals surface area contributed by atoms with E-state index in [4.69, 9.17) is 9.79 Å². The Hall–Kier alpha value is -2.42. The zero-order valence-electron chi connectivity index (χ0n) is 24.3. The summed E-state index contributed by atoms with van der Waals surface area (Å²) in [5.74, 6) is -1.39. The van der Waals surface area contributed by atoms with Crippen molar-refractivity contribution >= 4 is 37.0 Å². The van der Waals surface area contributed by atoms with Crippen LogP contribution in [0.3, 0.4) is 0 Å². The summed E-state index contributed by atoms with van der Waals surface area (Å²) in [5.41, 5.74) is 0.108. The zero-order valence-corrected chi connectivity index (χ0v) is 25.2. The number of nitrogens with one attached hydrogen (secondary N) is 1. The van der Waals surface area contributed by atoms with Gasteiger partial charge in [0.05, 0.1) is 24.5 Å². The van der Waals surface area contributed by atoms with Crippen molar-refractivity contribution in [2.24, 2.45) is 4.99 Å². The van der Waals surface area contributed by atoms with Crippen molar-refractivity contribution in [3.8, 4) is 0 Å². The topological polar surface area (TPSA) is 213 Å². The monoisotopic (exact) mass is 614 g/mol. The summed E-state index contributed by atoms with van der Waals surface area (Å²) in [5, 5.41) is 45.5. The molecule has 7 N–H and O–H groups in total. The molecule has 0 saturated carbocycles. The number of aliphatic imine (C=N–C) groups is 1. The number of amidine groups is 1. The summed E-state index contributed by atoms with van der Waals surface area (Å²) >= 11 is 0. The van der Waals surface area contributed by atoms with E-state index >= 15 is 0 Å². The molecule has 0 aromatic heterocycles. The van der Waals surface area contributed by atoms with Crippen LogP contribution in [0.4, 0.5) is 16.2 Å². The van der Waals surface area contributed by atoms with Gasteiger partial charge in [0.15, 0.2) is 5.84 Å². The van der Waals surface area contributed by atoms with Crippen LogP contribution in [0.2, 0.25) is 0 Å². The van der Waals surface area contributed by atoms with E-state index in [1.165, 1.54) is 29.1 Å². The van der Waals surface area contributed by atoms with E-state index in [1.54, 1.807) is 12.1 Å². The van der Waals surface area contributed by atoms with Crippen molar-refractivity contribution in [3.05, 3.63) is 23.3 Å². The Labute approximate surface area is 245 Å². The highest BCUT2D eigenvalue weighted by Crippen LogP contribution is 2.43. The van der Waals surface area contributed by atoms with Crippen LogP contribution in [-0.4, -0.2) is 91.7 Å². The number of β-amino-alcohol motifs (C(OH)–C–C–N with tert-alkyl or cyclic N) is 1. The number of hydrogen-bond acceptors (Lipinski definition) is 10. The Balaban J connectivity index is 1.92. The molecule has 0 aliphatic carbocycles. The summed E-state index contributed by atoms with van der Waals surface area (Å²) < 4.78 is 15.2. The van der Waals surface area contributed by atoms with Crippen LogP contribution in [-0.2, 0) is 13.9 Å². The molecule has 3 rings (SSSR count). The van der Waals surface area contributed by atoms with Crippen LogP contribution in [0.1, 0.15) is 69.4 Å². The molecule has 0 bridgehead atoms. The van der Waals surface area contributed by atoms with E-state index in [-0.39, 0.29) is 12.4 Å². The van der Waals surface area contributed by atoms with Crippen LogP contribution < -0.4 is 15.1 Å². The molecule has 4 atom stereocenters. The maximum Gasteiger partial charge on any atom is 0.469 e. The minimum Gasteiger partial charge on any atom is -0.388 e. The predicted octanol–water partition coefficient (Wildman–Crippen LogP) is 1.60. The number of rotatable bonds is 16. The van der Waals surface area contributed by atoms with Gasteiger partial charge in [-0.05, 0) is 43.5 Å². The zero-order chi connectivity index (χ0) is 31.2. The number of carbonyl (C=O) groups is 2. The largest absolute Gasteiger partial charge is 0.469 e. The van der Waals surface area contributed by atoms with Crippen LogP contribution in [0, 0.1) is 13.8 Å². The van der Waals surface area contributed by atoms with Crippen molar-refractivity contribution in [2.45, 2.75) is 96.2 Å². The molecule has 15 heteroatoms. The summed E-state index contributed by atoms with van der Waals surface area (Å²) in [4.78, 5) is 50.0. The molecule has 3 amide bonds. The second-order valence-electron chi connectivity index (χ2n) is 10.9. The van der Waals surface area contributed by atoms with Crippen molar-refractivity contribution in [3.63, 3.8) is 0 Å². The van der Waals surface area contributed by atoms with E-state index < -0.39 is 56.9 Å². The first-order valence-corrected chi connectivity index (χ1v) is 15.8. The molecule has 2 heterocycles. The Morgan fingerprint density at radius 1 is 0.952 bits per heavy atom. The molecule has 236 valence electrons. The van der Waals surface area contributed by atoms with Gasteiger partial charge >= 0.3 is 13.9 Å². The average Bonchev–Trinajstić information content (AvgIpc) is 2.91. The maximum atomic E-state index is 13.2. The van der Waals surface area contributed by atoms with E-state index in [2.05, 4.69) is 21.8 Å². The number of hydrogen-bond donors (Lipinski definition) is 7. The SMILES string of the molecule is CCCCCCCCCCN1c2cc(C)c(C)cc2N(C[C@H](O)[C@H](O)[C@H](O)COP(=O)(O)O)C2=NC(=O)NC(=O)C21O. The second kappa shape index (κ2) is 14.4. The van der Waals surface area contributed by atoms with Crippen LogP contribution in [0.25, 0.3) is 0 Å². The lowest BCUT2D eigenvalue weighted by Gasteiger charge is -2.50. The second-order valence-corrected chi connectivity index (χ2v) is 12.2. The smallest absolute Gasteiger partial charge is 0.388 e. The molecular formula is C27H43N4O10P. The fourth-order valence-corrected chi connectivity index (χ4v) is 5.53. The third-order valence-electron chi connectivity index (χ3n) is 7.68. The van der Waals surface area contributed by atoms with Gasteiger partial charge in [-0.1, -0.05) is 51.9 Å². The molecule has 0 fully saturated rings. The van der Waals surface area contributed by atoms with Gasteiger partial charge in [0.25, 0.3) is 11.6 Å². The Bertz CT molecular complexity index is 1210. The lowest BCUT2D eigenvalue weighted by atomic mass is 9.95. The van der Waals surface area contributed by atoms with E-state index in [0.29, 0.717) is 17.8 Å². The summed E-state index contributed by atoms with van der Waals surface area (Å²) in [6.07, 6.45) is 2.63. The Morgan fingerprint density at radius 2 is 1.52 bits per heavy atom. The van der Waals surface area contributed by atoms with Gasteiger partial charge in [-0.2, -0.15) is 4.99 Å². The molecule has 2 aliphatic heterocycles. The molecular weight excluding hydrogens is 571 g/mol. The first-order chi connectivity index (χ1) is 19.7. The highest BCUT2D eigenvalue weighted by atomic mass is 31.2. The number of aliphatic hydroxyl groups is 4. The lowest BCUT2D eigenvalue weighted by Crippen LogP contribution is -2.73. The van der Waals surface area contributed by atoms with Gasteiger partial charge in [-0.3, -0.25) is 14.6 Å². The maximum absolute atomic E-state index is 13.2. The van der Waals surface area contributed by atoms with E-state index in [1.807, 2.05) is 13.8 Å². The standard InChI is InChI=1S/C27H43N4O10P/c1-4-5-6-7-8-9-10-11-12-31-20-14-18(3)17(2)13-19(20)30(24-27(31,37)25(35)29-26(36)28-24)15-21(32)23(34)22(33)16-41-42(38,39)40/h13-14,21-23,32-34,37H,4-12,15-16H2,1-3H3,(H,29,35,36)(H2,38,39,40)/t21-,22+,23-,27?/m0/s1. The van der Waals surface area contributed by atoms with Crippen LogP contribution in [0.5, 0.6) is 0 Å². The van der Waals surface area contributed by atoms with Gasteiger partial charge in [0.1, 0.15) is 18.3 Å². The van der Waals surface area contributed by atoms with Gasteiger partial charge in [-0.15, -0.1) is 0 Å². The number of carbonyl (C=O) groups excluding carboxylic acids is 2. The van der Waals surface area contributed by atoms with Crippen LogP contribution >= 0.6 is 7.82 Å². The molecule has 0 spiro atoms.